The van der Waals surface area contributed by atoms with Crippen LogP contribution in [-0.2, 0) is 22.1 Å². The third-order valence-electron chi connectivity index (χ3n) is 4.98. The maximum atomic E-state index is 12.7. The van der Waals surface area contributed by atoms with Gasteiger partial charge in [-0.2, -0.15) is 13.2 Å². The second-order valence-electron chi connectivity index (χ2n) is 7.09. The molecule has 1 N–H and O–H groups in total. The highest BCUT2D eigenvalue weighted by molar-refractivity contribution is 5.77. The van der Waals surface area contributed by atoms with E-state index in [0.717, 1.165) is 12.1 Å². The Kier molecular flexibility index (Phi) is 7.11. The average molecular weight is 453 g/mol. The summed E-state index contributed by atoms with van der Waals surface area (Å²) >= 11 is 0. The van der Waals surface area contributed by atoms with E-state index < -0.39 is 23.4 Å². The molecule has 2 aromatic rings. The monoisotopic (exact) mass is 453 g/mol. The average Bonchev–Trinajstić information content (AvgIpc) is 2.78. The Morgan fingerprint density at radius 1 is 1.06 bits per heavy atom. The molecular weight excluding hydrogens is 431 g/mol. The molecule has 1 aromatic heterocycles. The van der Waals surface area contributed by atoms with Gasteiger partial charge in [0.25, 0.3) is 5.56 Å². The first-order valence-electron chi connectivity index (χ1n) is 10.0. The molecule has 0 aliphatic carbocycles. The zero-order chi connectivity index (χ0) is 23.3. The summed E-state index contributed by atoms with van der Waals surface area (Å²) in [5.74, 6) is -0.143. The van der Waals surface area contributed by atoms with E-state index in [1.54, 1.807) is 11.8 Å². The number of benzene rings is 1. The van der Waals surface area contributed by atoms with Crippen molar-refractivity contribution in [3.63, 3.8) is 0 Å². The fourth-order valence-electron chi connectivity index (χ4n) is 3.21. The summed E-state index contributed by atoms with van der Waals surface area (Å²) in [5, 5.41) is 7.71. The summed E-state index contributed by atoms with van der Waals surface area (Å²) in [4.78, 5) is 42.0. The minimum Gasteiger partial charge on any atom is -0.450 e. The third-order valence-corrected chi connectivity index (χ3v) is 4.98. The number of halogens is 3. The maximum Gasteiger partial charge on any atom is 0.416 e. The van der Waals surface area contributed by atoms with E-state index in [4.69, 9.17) is 4.74 Å². The lowest BCUT2D eigenvalue weighted by Gasteiger charge is -2.34. The SMILES string of the molecule is CCOC(=O)N1CCN(C(=O)CCc2nnc(-c3ccc(C(F)(F)F)cc3)[nH]c2=O)CC1. The molecular formula is C20H22F3N5O4. The molecule has 172 valence electrons. The number of aromatic nitrogens is 3. The van der Waals surface area contributed by atoms with Crippen LogP contribution in [0.1, 0.15) is 24.6 Å². The van der Waals surface area contributed by atoms with Gasteiger partial charge >= 0.3 is 12.3 Å². The highest BCUT2D eigenvalue weighted by Gasteiger charge is 2.30. The summed E-state index contributed by atoms with van der Waals surface area (Å²) in [6, 6.07) is 4.18. The molecule has 0 spiro atoms. The van der Waals surface area contributed by atoms with Gasteiger partial charge in [0.2, 0.25) is 5.91 Å². The standard InChI is InChI=1S/C20H22F3N5O4/c1-2-32-19(31)28-11-9-27(10-12-28)16(29)8-7-15-18(30)24-17(26-25-15)13-3-5-14(6-4-13)20(21,22)23/h3-6H,2,7-12H2,1H3,(H,24,26,30). The molecule has 9 nitrogen and oxygen atoms in total. The largest absolute Gasteiger partial charge is 0.450 e. The Morgan fingerprint density at radius 2 is 1.69 bits per heavy atom. The van der Waals surface area contributed by atoms with E-state index >= 15 is 0 Å². The highest BCUT2D eigenvalue weighted by Crippen LogP contribution is 2.30. The number of rotatable bonds is 5. The van der Waals surface area contributed by atoms with Gasteiger partial charge in [0.1, 0.15) is 5.69 Å². The molecule has 32 heavy (non-hydrogen) atoms. The van der Waals surface area contributed by atoms with Crippen molar-refractivity contribution in [1.82, 2.24) is 25.0 Å². The van der Waals surface area contributed by atoms with E-state index in [1.165, 1.54) is 17.0 Å². The van der Waals surface area contributed by atoms with Gasteiger partial charge in [-0.05, 0) is 19.1 Å². The van der Waals surface area contributed by atoms with Crippen molar-refractivity contribution >= 4 is 12.0 Å². The van der Waals surface area contributed by atoms with Crippen LogP contribution in [0, 0.1) is 0 Å². The molecule has 12 heteroatoms. The number of carbonyl (C=O) groups is 2. The third kappa shape index (κ3) is 5.62. The molecule has 0 bridgehead atoms. The summed E-state index contributed by atoms with van der Waals surface area (Å²) in [5.41, 5.74) is -1.03. The highest BCUT2D eigenvalue weighted by atomic mass is 19.4. The zero-order valence-corrected chi connectivity index (χ0v) is 17.3. The van der Waals surface area contributed by atoms with Crippen LogP contribution in [-0.4, -0.2) is 69.8 Å². The van der Waals surface area contributed by atoms with Crippen LogP contribution >= 0.6 is 0 Å². The molecule has 1 aliphatic rings. The minimum atomic E-state index is -4.46. The van der Waals surface area contributed by atoms with Crippen molar-refractivity contribution in [1.29, 1.82) is 0 Å². The smallest absolute Gasteiger partial charge is 0.416 e. The molecule has 1 fully saturated rings. The van der Waals surface area contributed by atoms with Crippen molar-refractivity contribution in [2.75, 3.05) is 32.8 Å². The summed E-state index contributed by atoms with van der Waals surface area (Å²) in [6.07, 6.45) is -4.77. The first-order chi connectivity index (χ1) is 15.2. The van der Waals surface area contributed by atoms with Crippen molar-refractivity contribution in [2.45, 2.75) is 25.9 Å². The Balaban J connectivity index is 1.56. The van der Waals surface area contributed by atoms with Gasteiger partial charge in [0, 0.05) is 44.6 Å². The van der Waals surface area contributed by atoms with Gasteiger partial charge in [-0.15, -0.1) is 10.2 Å². The number of amides is 2. The fraction of sp³-hybridized carbons (Fsp3) is 0.450. The molecule has 2 heterocycles. The molecule has 1 aromatic carbocycles. The Labute approximate surface area is 181 Å². The van der Waals surface area contributed by atoms with E-state index in [9.17, 15) is 27.6 Å². The van der Waals surface area contributed by atoms with Crippen LogP contribution in [0.25, 0.3) is 11.4 Å². The van der Waals surface area contributed by atoms with Gasteiger partial charge in [-0.3, -0.25) is 9.59 Å². The minimum absolute atomic E-state index is 0.0360. The molecule has 2 amide bonds. The molecule has 0 radical (unpaired) electrons. The van der Waals surface area contributed by atoms with Crippen molar-refractivity contribution in [3.8, 4) is 11.4 Å². The number of piperazine rings is 1. The first kappa shape index (κ1) is 23.2. The normalized spacial score (nSPS) is 14.4. The molecule has 3 rings (SSSR count). The van der Waals surface area contributed by atoms with Gasteiger partial charge < -0.3 is 19.5 Å². The Morgan fingerprint density at radius 3 is 2.25 bits per heavy atom. The summed E-state index contributed by atoms with van der Waals surface area (Å²) < 4.78 is 42.9. The van der Waals surface area contributed by atoms with E-state index in [1.807, 2.05) is 0 Å². The number of nitrogens with zero attached hydrogens (tertiary/aromatic N) is 4. The first-order valence-corrected chi connectivity index (χ1v) is 10.0. The predicted octanol–water partition coefficient (Wildman–Crippen LogP) is 2.08. The topological polar surface area (TPSA) is 108 Å². The summed E-state index contributed by atoms with van der Waals surface area (Å²) in [6.45, 7) is 3.47. The maximum absolute atomic E-state index is 12.7. The van der Waals surface area contributed by atoms with E-state index in [0.29, 0.717) is 26.2 Å². The van der Waals surface area contributed by atoms with Crippen LogP contribution in [0.15, 0.2) is 29.1 Å². The van der Waals surface area contributed by atoms with Crippen LogP contribution in [0.3, 0.4) is 0 Å². The van der Waals surface area contributed by atoms with E-state index in [2.05, 4.69) is 15.2 Å². The quantitative estimate of drug-likeness (QED) is 0.743. The van der Waals surface area contributed by atoms with Crippen LogP contribution < -0.4 is 5.56 Å². The second kappa shape index (κ2) is 9.79. The van der Waals surface area contributed by atoms with Gasteiger partial charge in [-0.1, -0.05) is 12.1 Å². The lowest BCUT2D eigenvalue weighted by Crippen LogP contribution is -2.50. The molecule has 1 saturated heterocycles. The summed E-state index contributed by atoms with van der Waals surface area (Å²) in [7, 11) is 0. The van der Waals surface area contributed by atoms with Crippen LogP contribution in [0.5, 0.6) is 0 Å². The Hall–Kier alpha value is -3.44. The Bertz CT molecular complexity index is 1020. The fourth-order valence-corrected chi connectivity index (χ4v) is 3.21. The number of aryl methyl sites for hydroxylation is 1. The lowest BCUT2D eigenvalue weighted by atomic mass is 10.1. The number of alkyl halides is 3. The number of H-pyrrole nitrogens is 1. The van der Waals surface area contributed by atoms with Crippen LogP contribution in [0.2, 0.25) is 0 Å². The second-order valence-corrected chi connectivity index (χ2v) is 7.09. The molecule has 1 aliphatic heterocycles. The number of ether oxygens (including phenoxy) is 1. The number of nitrogens with one attached hydrogen (secondary N) is 1. The van der Waals surface area contributed by atoms with Gasteiger partial charge in [0.05, 0.1) is 12.2 Å². The number of carbonyl (C=O) groups excluding carboxylic acids is 2. The number of aromatic amines is 1. The molecule has 0 unspecified atom stereocenters. The van der Waals surface area contributed by atoms with Crippen molar-refractivity contribution < 1.29 is 27.5 Å². The zero-order valence-electron chi connectivity index (χ0n) is 17.3. The van der Waals surface area contributed by atoms with Crippen LogP contribution in [0.4, 0.5) is 18.0 Å². The molecule has 0 atom stereocenters. The number of hydrogen-bond acceptors (Lipinski definition) is 6. The number of hydrogen-bond donors (Lipinski definition) is 1. The predicted molar refractivity (Wildman–Crippen MR) is 107 cm³/mol. The molecule has 0 saturated carbocycles. The van der Waals surface area contributed by atoms with Crippen molar-refractivity contribution in [2.24, 2.45) is 0 Å². The van der Waals surface area contributed by atoms with E-state index in [-0.39, 0.29) is 42.4 Å². The van der Waals surface area contributed by atoms with Gasteiger partial charge in [-0.25, -0.2) is 4.79 Å². The van der Waals surface area contributed by atoms with Crippen molar-refractivity contribution in [3.05, 3.63) is 45.9 Å². The lowest BCUT2D eigenvalue weighted by molar-refractivity contribution is -0.137. The van der Waals surface area contributed by atoms with Gasteiger partial charge in [0.15, 0.2) is 5.82 Å².